The molecule has 1 aliphatic carbocycles. The molecule has 14 heavy (non-hydrogen) atoms. The molecule has 2 atom stereocenters. The highest BCUT2D eigenvalue weighted by atomic mass is 16.3. The van der Waals surface area contributed by atoms with Gasteiger partial charge in [-0.2, -0.15) is 5.10 Å². The van der Waals surface area contributed by atoms with Gasteiger partial charge in [0.25, 0.3) is 0 Å². The van der Waals surface area contributed by atoms with E-state index in [1.165, 1.54) is 12.8 Å². The van der Waals surface area contributed by atoms with Gasteiger partial charge in [-0.1, -0.05) is 19.3 Å². The third-order valence-electron chi connectivity index (χ3n) is 3.09. The van der Waals surface area contributed by atoms with Gasteiger partial charge in [0, 0.05) is 19.2 Å². The number of rotatable bonds is 1. The fraction of sp³-hybridized carbons (Fsp3) is 0.727. The highest BCUT2D eigenvalue weighted by molar-refractivity contribution is 5.09. The van der Waals surface area contributed by atoms with Crippen molar-refractivity contribution in [3.05, 3.63) is 18.0 Å². The minimum Gasteiger partial charge on any atom is -0.392 e. The van der Waals surface area contributed by atoms with Gasteiger partial charge in [0.05, 0.1) is 11.8 Å². The topological polar surface area (TPSA) is 38.0 Å². The summed E-state index contributed by atoms with van der Waals surface area (Å²) in [4.78, 5) is 0. The lowest BCUT2D eigenvalue weighted by Crippen LogP contribution is -2.17. The summed E-state index contributed by atoms with van der Waals surface area (Å²) in [5.41, 5.74) is 1.06. The van der Waals surface area contributed by atoms with Crippen molar-refractivity contribution in [3.8, 4) is 0 Å². The molecular formula is C11H18N2O. The van der Waals surface area contributed by atoms with Gasteiger partial charge in [-0.05, 0) is 18.9 Å². The first kappa shape index (κ1) is 9.71. The summed E-state index contributed by atoms with van der Waals surface area (Å²) in [5, 5.41) is 14.3. The van der Waals surface area contributed by atoms with Crippen molar-refractivity contribution in [2.45, 2.75) is 44.1 Å². The average molecular weight is 194 g/mol. The molecule has 0 radical (unpaired) electrons. The largest absolute Gasteiger partial charge is 0.392 e. The van der Waals surface area contributed by atoms with Gasteiger partial charge in [-0.3, -0.25) is 4.68 Å². The zero-order valence-electron chi connectivity index (χ0n) is 8.69. The second kappa shape index (κ2) is 4.13. The quantitative estimate of drug-likeness (QED) is 0.693. The van der Waals surface area contributed by atoms with Crippen LogP contribution in [0.4, 0.5) is 0 Å². The molecule has 78 valence electrons. The fourth-order valence-electron chi connectivity index (χ4n) is 2.26. The standard InChI is InChI=1S/C11H18N2O/c1-13-8-7-10(12-13)9-5-3-2-4-6-11(9)14/h7-9,11,14H,2-6H2,1H3. The summed E-state index contributed by atoms with van der Waals surface area (Å²) in [6.45, 7) is 0. The summed E-state index contributed by atoms with van der Waals surface area (Å²) in [6, 6.07) is 2.03. The van der Waals surface area contributed by atoms with E-state index in [9.17, 15) is 5.11 Å². The first-order chi connectivity index (χ1) is 6.77. The summed E-state index contributed by atoms with van der Waals surface area (Å²) in [6.07, 6.45) is 7.41. The van der Waals surface area contributed by atoms with E-state index in [1.54, 1.807) is 0 Å². The number of hydrogen-bond donors (Lipinski definition) is 1. The molecule has 3 nitrogen and oxygen atoms in total. The lowest BCUT2D eigenvalue weighted by molar-refractivity contribution is 0.133. The predicted molar refractivity (Wildman–Crippen MR) is 55.0 cm³/mol. The fourth-order valence-corrected chi connectivity index (χ4v) is 2.26. The van der Waals surface area contributed by atoms with Crippen LogP contribution in [0.25, 0.3) is 0 Å². The molecule has 0 spiro atoms. The Bertz CT molecular complexity index is 295. The highest BCUT2D eigenvalue weighted by Crippen LogP contribution is 2.30. The molecule has 3 heteroatoms. The van der Waals surface area contributed by atoms with Crippen molar-refractivity contribution in [1.82, 2.24) is 9.78 Å². The maximum absolute atomic E-state index is 9.96. The highest BCUT2D eigenvalue weighted by Gasteiger charge is 2.24. The first-order valence-electron chi connectivity index (χ1n) is 5.45. The van der Waals surface area contributed by atoms with Gasteiger partial charge in [0.1, 0.15) is 0 Å². The zero-order chi connectivity index (χ0) is 9.97. The zero-order valence-corrected chi connectivity index (χ0v) is 8.69. The molecule has 0 saturated heterocycles. The van der Waals surface area contributed by atoms with Crippen molar-refractivity contribution >= 4 is 0 Å². The van der Waals surface area contributed by atoms with E-state index in [0.717, 1.165) is 25.0 Å². The van der Waals surface area contributed by atoms with Crippen molar-refractivity contribution in [2.75, 3.05) is 0 Å². The second-order valence-corrected chi connectivity index (χ2v) is 4.23. The van der Waals surface area contributed by atoms with Crippen LogP contribution in [0.5, 0.6) is 0 Å². The molecule has 1 fully saturated rings. The van der Waals surface area contributed by atoms with Gasteiger partial charge >= 0.3 is 0 Å². The van der Waals surface area contributed by atoms with Gasteiger partial charge < -0.3 is 5.11 Å². The Labute approximate surface area is 84.7 Å². The average Bonchev–Trinajstić information content (AvgIpc) is 2.46. The molecule has 0 bridgehead atoms. The van der Waals surface area contributed by atoms with Crippen LogP contribution in [0.1, 0.15) is 43.7 Å². The Morgan fingerprint density at radius 3 is 2.86 bits per heavy atom. The smallest absolute Gasteiger partial charge is 0.0681 e. The van der Waals surface area contributed by atoms with Gasteiger partial charge in [-0.15, -0.1) is 0 Å². The monoisotopic (exact) mass is 194 g/mol. The van der Waals surface area contributed by atoms with E-state index in [0.29, 0.717) is 0 Å². The molecule has 0 amide bonds. The number of hydrogen-bond acceptors (Lipinski definition) is 2. The van der Waals surface area contributed by atoms with Crippen LogP contribution < -0.4 is 0 Å². The number of nitrogens with zero attached hydrogens (tertiary/aromatic N) is 2. The second-order valence-electron chi connectivity index (χ2n) is 4.23. The summed E-state index contributed by atoms with van der Waals surface area (Å²) in [5.74, 6) is 0.263. The van der Waals surface area contributed by atoms with E-state index in [-0.39, 0.29) is 12.0 Å². The molecule has 1 aromatic rings. The molecular weight excluding hydrogens is 176 g/mol. The molecule has 2 unspecified atom stereocenters. The van der Waals surface area contributed by atoms with Crippen LogP contribution in [0.15, 0.2) is 12.3 Å². The number of aromatic nitrogens is 2. The van der Waals surface area contributed by atoms with E-state index in [4.69, 9.17) is 0 Å². The Hall–Kier alpha value is -0.830. The normalized spacial score (nSPS) is 28.7. The molecule has 1 aliphatic rings. The number of aliphatic hydroxyl groups excluding tert-OH is 1. The first-order valence-corrected chi connectivity index (χ1v) is 5.45. The number of aliphatic hydroxyl groups is 1. The van der Waals surface area contributed by atoms with Gasteiger partial charge in [0.2, 0.25) is 0 Å². The van der Waals surface area contributed by atoms with Crippen LogP contribution in [0, 0.1) is 0 Å². The lowest BCUT2D eigenvalue weighted by Gasteiger charge is -2.17. The van der Waals surface area contributed by atoms with E-state index >= 15 is 0 Å². The van der Waals surface area contributed by atoms with Gasteiger partial charge in [-0.25, -0.2) is 0 Å². The molecule has 2 rings (SSSR count). The van der Waals surface area contributed by atoms with Gasteiger partial charge in [0.15, 0.2) is 0 Å². The predicted octanol–water partition coefficient (Wildman–Crippen LogP) is 1.83. The van der Waals surface area contributed by atoms with Crippen LogP contribution >= 0.6 is 0 Å². The Morgan fingerprint density at radius 2 is 2.14 bits per heavy atom. The Kier molecular flexibility index (Phi) is 2.87. The number of aryl methyl sites for hydroxylation is 1. The molecule has 0 aliphatic heterocycles. The third kappa shape index (κ3) is 1.98. The summed E-state index contributed by atoms with van der Waals surface area (Å²) >= 11 is 0. The third-order valence-corrected chi connectivity index (χ3v) is 3.09. The molecule has 1 saturated carbocycles. The van der Waals surface area contributed by atoms with E-state index in [2.05, 4.69) is 5.10 Å². The van der Waals surface area contributed by atoms with Crippen molar-refractivity contribution in [2.24, 2.45) is 7.05 Å². The maximum atomic E-state index is 9.96. The van der Waals surface area contributed by atoms with Crippen molar-refractivity contribution < 1.29 is 5.11 Å². The van der Waals surface area contributed by atoms with Crippen molar-refractivity contribution in [3.63, 3.8) is 0 Å². The van der Waals surface area contributed by atoms with Crippen LogP contribution in [0.3, 0.4) is 0 Å². The van der Waals surface area contributed by atoms with E-state index in [1.807, 2.05) is 24.0 Å². The Balaban J connectivity index is 2.14. The van der Waals surface area contributed by atoms with E-state index < -0.39 is 0 Å². The molecule has 0 aromatic carbocycles. The summed E-state index contributed by atoms with van der Waals surface area (Å²) in [7, 11) is 1.92. The molecule has 1 heterocycles. The van der Waals surface area contributed by atoms with Crippen LogP contribution in [0.2, 0.25) is 0 Å². The summed E-state index contributed by atoms with van der Waals surface area (Å²) < 4.78 is 1.81. The Morgan fingerprint density at radius 1 is 1.36 bits per heavy atom. The molecule has 1 N–H and O–H groups in total. The SMILES string of the molecule is Cn1ccc(C2CCCCCC2O)n1. The lowest BCUT2D eigenvalue weighted by atomic mass is 9.94. The van der Waals surface area contributed by atoms with Crippen LogP contribution in [-0.4, -0.2) is 21.0 Å². The minimum absolute atomic E-state index is 0.188. The minimum atomic E-state index is -0.188. The van der Waals surface area contributed by atoms with Crippen molar-refractivity contribution in [1.29, 1.82) is 0 Å². The maximum Gasteiger partial charge on any atom is 0.0681 e. The van der Waals surface area contributed by atoms with Crippen LogP contribution in [-0.2, 0) is 7.05 Å². The molecule has 1 aromatic heterocycles.